The molecule has 0 aliphatic rings. The van der Waals surface area contributed by atoms with Gasteiger partial charge in [-0.2, -0.15) is 0 Å². The molecule has 0 aliphatic carbocycles. The molecule has 0 spiro atoms. The summed E-state index contributed by atoms with van der Waals surface area (Å²) in [4.78, 5) is 0. The first-order valence-electron chi connectivity index (χ1n) is 5.69. The molecule has 1 N–H and O–H groups in total. The molecule has 14 heavy (non-hydrogen) atoms. The number of rotatable bonds is 6. The Morgan fingerprint density at radius 1 is 1.43 bits per heavy atom. The minimum absolute atomic E-state index is 0. The second-order valence-corrected chi connectivity index (χ2v) is 3.36. The van der Waals surface area contributed by atoms with Crippen LogP contribution in [0.4, 0.5) is 0 Å². The van der Waals surface area contributed by atoms with Crippen LogP contribution in [-0.4, -0.2) is 12.6 Å². The van der Waals surface area contributed by atoms with Crippen LogP contribution in [0, 0.1) is 0 Å². The number of hydrogen-bond donors (Lipinski definition) is 1. The van der Waals surface area contributed by atoms with E-state index in [4.69, 9.17) is 0 Å². The van der Waals surface area contributed by atoms with E-state index < -0.39 is 0 Å². The van der Waals surface area contributed by atoms with E-state index >= 15 is 0 Å². The molecule has 1 nitrogen and oxygen atoms in total. The Morgan fingerprint density at radius 3 is 2.36 bits per heavy atom. The molecule has 0 saturated heterocycles. The SMILES string of the molecule is C=C/C=C\C.CCCCC(C)NCC.[HH]. The van der Waals surface area contributed by atoms with Crippen molar-refractivity contribution in [2.24, 2.45) is 0 Å². The standard InChI is InChI=1S/C8H19N.C5H8.H2/c1-4-6-7-8(3)9-5-2;1-3-5-4-2;/h8-9H,4-7H2,1-3H3;3-5H,1H2,2H3;1H/b;5-4-;. The lowest BCUT2D eigenvalue weighted by Crippen LogP contribution is -2.25. The molecule has 0 amide bonds. The first kappa shape index (κ1) is 15.9. The van der Waals surface area contributed by atoms with Gasteiger partial charge in [-0.3, -0.25) is 0 Å². The summed E-state index contributed by atoms with van der Waals surface area (Å²) in [5, 5.41) is 3.38. The topological polar surface area (TPSA) is 12.0 Å². The normalized spacial score (nSPS) is 12.0. The monoisotopic (exact) mass is 199 g/mol. The Bertz CT molecular complexity index is 132. The predicted molar refractivity (Wildman–Crippen MR) is 69.8 cm³/mol. The molecule has 0 rings (SSSR count). The van der Waals surface area contributed by atoms with E-state index in [1.54, 1.807) is 6.08 Å². The van der Waals surface area contributed by atoms with E-state index in [9.17, 15) is 0 Å². The van der Waals surface area contributed by atoms with Crippen LogP contribution in [0.3, 0.4) is 0 Å². The van der Waals surface area contributed by atoms with E-state index in [1.165, 1.54) is 19.3 Å². The van der Waals surface area contributed by atoms with Crippen LogP contribution in [0.1, 0.15) is 48.4 Å². The highest BCUT2D eigenvalue weighted by Gasteiger charge is 1.95. The zero-order chi connectivity index (χ0) is 11.2. The molecule has 0 heterocycles. The van der Waals surface area contributed by atoms with Crippen LogP contribution < -0.4 is 5.32 Å². The zero-order valence-corrected chi connectivity index (χ0v) is 10.3. The summed E-state index contributed by atoms with van der Waals surface area (Å²) in [6.07, 6.45) is 9.57. The summed E-state index contributed by atoms with van der Waals surface area (Å²) in [6.45, 7) is 13.2. The molecule has 0 aromatic heterocycles. The molecular weight excluding hydrogens is 170 g/mol. The molecule has 1 heteroatoms. The molecule has 0 aromatic carbocycles. The van der Waals surface area contributed by atoms with Crippen LogP contribution in [-0.2, 0) is 0 Å². The van der Waals surface area contributed by atoms with Crippen LogP contribution in [0.2, 0.25) is 0 Å². The molecule has 1 atom stereocenters. The maximum Gasteiger partial charge on any atom is 0.00386 e. The molecule has 0 aromatic rings. The van der Waals surface area contributed by atoms with Crippen molar-refractivity contribution >= 4 is 0 Å². The third-order valence-electron chi connectivity index (χ3n) is 1.87. The largest absolute Gasteiger partial charge is 0.315 e. The van der Waals surface area contributed by atoms with Gasteiger partial charge >= 0.3 is 0 Å². The molecule has 0 radical (unpaired) electrons. The maximum absolute atomic E-state index is 3.46. The smallest absolute Gasteiger partial charge is 0.00386 e. The van der Waals surface area contributed by atoms with Gasteiger partial charge in [0.15, 0.2) is 0 Å². The lowest BCUT2D eigenvalue weighted by Gasteiger charge is -2.09. The van der Waals surface area contributed by atoms with E-state index in [2.05, 4.69) is 32.7 Å². The van der Waals surface area contributed by atoms with Gasteiger partial charge in [0.2, 0.25) is 0 Å². The molecular formula is C13H29N. The van der Waals surface area contributed by atoms with Gasteiger partial charge in [-0.1, -0.05) is 51.5 Å². The average Bonchev–Trinajstić information content (AvgIpc) is 2.17. The van der Waals surface area contributed by atoms with Gasteiger partial charge in [-0.15, -0.1) is 0 Å². The van der Waals surface area contributed by atoms with Gasteiger partial charge in [0.05, 0.1) is 0 Å². The molecule has 1 unspecified atom stereocenters. The summed E-state index contributed by atoms with van der Waals surface area (Å²) in [5.41, 5.74) is 0. The Hall–Kier alpha value is -0.560. The van der Waals surface area contributed by atoms with Crippen LogP contribution >= 0.6 is 0 Å². The molecule has 0 fully saturated rings. The van der Waals surface area contributed by atoms with Crippen LogP contribution in [0.25, 0.3) is 0 Å². The predicted octanol–water partition coefficient (Wildman–Crippen LogP) is 4.17. The summed E-state index contributed by atoms with van der Waals surface area (Å²) in [5.74, 6) is 0. The van der Waals surface area contributed by atoms with Crippen molar-refractivity contribution in [1.29, 1.82) is 0 Å². The van der Waals surface area contributed by atoms with Crippen molar-refractivity contribution in [1.82, 2.24) is 5.32 Å². The van der Waals surface area contributed by atoms with Crippen molar-refractivity contribution in [3.8, 4) is 0 Å². The van der Waals surface area contributed by atoms with Crippen molar-refractivity contribution in [3.05, 3.63) is 24.8 Å². The second kappa shape index (κ2) is 14.9. The van der Waals surface area contributed by atoms with E-state index in [1.807, 2.05) is 19.1 Å². The van der Waals surface area contributed by atoms with Gasteiger partial charge in [0.1, 0.15) is 0 Å². The van der Waals surface area contributed by atoms with Crippen molar-refractivity contribution < 1.29 is 1.43 Å². The minimum Gasteiger partial charge on any atom is -0.315 e. The van der Waals surface area contributed by atoms with Crippen LogP contribution in [0.5, 0.6) is 0 Å². The van der Waals surface area contributed by atoms with E-state index in [0.29, 0.717) is 0 Å². The number of hydrogen-bond acceptors (Lipinski definition) is 1. The highest BCUT2D eigenvalue weighted by molar-refractivity contribution is 4.94. The number of unbranched alkanes of at least 4 members (excludes halogenated alkanes) is 1. The third-order valence-corrected chi connectivity index (χ3v) is 1.87. The summed E-state index contributed by atoms with van der Waals surface area (Å²) in [7, 11) is 0. The quantitative estimate of drug-likeness (QED) is 0.633. The fourth-order valence-corrected chi connectivity index (χ4v) is 1.10. The number of allylic oxidation sites excluding steroid dienone is 3. The highest BCUT2D eigenvalue weighted by Crippen LogP contribution is 1.98. The Labute approximate surface area is 91.8 Å². The summed E-state index contributed by atoms with van der Waals surface area (Å²) >= 11 is 0. The summed E-state index contributed by atoms with van der Waals surface area (Å²) < 4.78 is 0. The number of nitrogens with one attached hydrogen (secondary N) is 1. The molecule has 86 valence electrons. The van der Waals surface area contributed by atoms with E-state index in [0.717, 1.165) is 12.6 Å². The average molecular weight is 199 g/mol. The van der Waals surface area contributed by atoms with Crippen molar-refractivity contribution in [3.63, 3.8) is 0 Å². The van der Waals surface area contributed by atoms with Crippen LogP contribution in [0.15, 0.2) is 24.8 Å². The van der Waals surface area contributed by atoms with E-state index in [-0.39, 0.29) is 1.43 Å². The third kappa shape index (κ3) is 17.5. The fourth-order valence-electron chi connectivity index (χ4n) is 1.10. The van der Waals surface area contributed by atoms with Crippen molar-refractivity contribution in [2.45, 2.75) is 53.0 Å². The molecule has 0 bridgehead atoms. The van der Waals surface area contributed by atoms with Gasteiger partial charge in [-0.25, -0.2) is 0 Å². The van der Waals surface area contributed by atoms with Gasteiger partial charge in [0, 0.05) is 7.47 Å². The fraction of sp³-hybridized carbons (Fsp3) is 0.692. The Morgan fingerprint density at radius 2 is 2.07 bits per heavy atom. The van der Waals surface area contributed by atoms with Gasteiger partial charge in [-0.05, 0) is 26.8 Å². The van der Waals surface area contributed by atoms with Crippen molar-refractivity contribution in [2.75, 3.05) is 6.54 Å². The zero-order valence-electron chi connectivity index (χ0n) is 10.3. The van der Waals surface area contributed by atoms with Gasteiger partial charge < -0.3 is 5.32 Å². The Kier molecular flexibility index (Phi) is 17.0. The first-order valence-corrected chi connectivity index (χ1v) is 5.69. The Balaban J connectivity index is -0.000000208. The second-order valence-electron chi connectivity index (χ2n) is 3.36. The molecule has 0 saturated carbocycles. The highest BCUT2D eigenvalue weighted by atomic mass is 14.9. The molecule has 0 aliphatic heterocycles. The summed E-state index contributed by atoms with van der Waals surface area (Å²) in [6, 6.07) is 0.718. The first-order chi connectivity index (χ1) is 6.72. The lowest BCUT2D eigenvalue weighted by atomic mass is 10.1. The lowest BCUT2D eigenvalue weighted by molar-refractivity contribution is 0.509. The van der Waals surface area contributed by atoms with Gasteiger partial charge in [0.25, 0.3) is 0 Å². The maximum atomic E-state index is 3.46. The minimum atomic E-state index is 0.